The highest BCUT2D eigenvalue weighted by Crippen LogP contribution is 2.08. The molecular formula is C17H32N4O6S2. The lowest BCUT2D eigenvalue weighted by Gasteiger charge is -2.25. The number of carbonyl (C=O) groups excluding carboxylic acids is 3. The summed E-state index contributed by atoms with van der Waals surface area (Å²) in [6.45, 7) is 2.72. The summed E-state index contributed by atoms with van der Waals surface area (Å²) >= 11 is 5.41. The Morgan fingerprint density at radius 3 is 2.07 bits per heavy atom. The van der Waals surface area contributed by atoms with E-state index in [1.54, 1.807) is 13.8 Å². The fourth-order valence-corrected chi connectivity index (χ4v) is 2.91. The molecule has 0 aromatic heterocycles. The minimum Gasteiger partial charge on any atom is -0.480 e. The van der Waals surface area contributed by atoms with Crippen molar-refractivity contribution >= 4 is 48.1 Å². The first-order valence-electron chi connectivity index (χ1n) is 9.22. The molecule has 0 aromatic rings. The number of thioether (sulfide) groups is 1. The molecular weight excluding hydrogens is 420 g/mol. The van der Waals surface area contributed by atoms with Crippen LogP contribution < -0.4 is 21.7 Å². The smallest absolute Gasteiger partial charge is 0.326 e. The molecule has 0 radical (unpaired) electrons. The summed E-state index contributed by atoms with van der Waals surface area (Å²) in [5, 5.41) is 26.0. The summed E-state index contributed by atoms with van der Waals surface area (Å²) in [7, 11) is 0. The van der Waals surface area contributed by atoms with Crippen molar-refractivity contribution in [1.82, 2.24) is 16.0 Å². The molecule has 0 aromatic carbocycles. The zero-order valence-corrected chi connectivity index (χ0v) is 18.6. The summed E-state index contributed by atoms with van der Waals surface area (Å²) in [5.41, 5.74) is 5.61. The molecule has 0 aliphatic rings. The number of carbonyl (C=O) groups is 4. The number of nitrogens with two attached hydrogens (primary N) is 1. The molecule has 5 atom stereocenters. The number of carboxylic acid groups (broad SMARTS) is 1. The molecule has 0 fully saturated rings. The Balaban J connectivity index is 5.18. The number of rotatable bonds is 14. The van der Waals surface area contributed by atoms with Crippen molar-refractivity contribution in [3.63, 3.8) is 0 Å². The fraction of sp³-hybridized carbons (Fsp3) is 0.765. The van der Waals surface area contributed by atoms with Gasteiger partial charge in [-0.1, -0.05) is 20.3 Å². The molecule has 7 N–H and O–H groups in total. The quantitative estimate of drug-likeness (QED) is 0.157. The largest absolute Gasteiger partial charge is 0.480 e. The monoisotopic (exact) mass is 452 g/mol. The van der Waals surface area contributed by atoms with Crippen LogP contribution in [0.15, 0.2) is 0 Å². The molecule has 10 nitrogen and oxygen atoms in total. The van der Waals surface area contributed by atoms with Crippen molar-refractivity contribution in [2.45, 2.75) is 50.9 Å². The number of thiol groups is 1. The number of amides is 3. The molecule has 0 aliphatic heterocycles. The third-order valence-corrected chi connectivity index (χ3v) is 5.41. The van der Waals surface area contributed by atoms with Crippen molar-refractivity contribution in [2.75, 3.05) is 24.4 Å². The predicted molar refractivity (Wildman–Crippen MR) is 115 cm³/mol. The molecule has 12 heteroatoms. The van der Waals surface area contributed by atoms with E-state index in [4.69, 9.17) is 5.73 Å². The van der Waals surface area contributed by atoms with Crippen LogP contribution in [0, 0.1) is 5.92 Å². The number of hydrogen-bond donors (Lipinski definition) is 7. The van der Waals surface area contributed by atoms with E-state index in [9.17, 15) is 29.4 Å². The van der Waals surface area contributed by atoms with Gasteiger partial charge in [-0.25, -0.2) is 4.79 Å². The second kappa shape index (κ2) is 14.5. The van der Waals surface area contributed by atoms with E-state index < -0.39 is 54.5 Å². The second-order valence-electron chi connectivity index (χ2n) is 6.59. The van der Waals surface area contributed by atoms with Crippen molar-refractivity contribution < 1.29 is 29.4 Å². The first kappa shape index (κ1) is 27.5. The molecule has 0 bridgehead atoms. The Kier molecular flexibility index (Phi) is 13.7. The minimum absolute atomic E-state index is 0.0938. The molecule has 29 heavy (non-hydrogen) atoms. The van der Waals surface area contributed by atoms with Crippen LogP contribution in [0.5, 0.6) is 0 Å². The molecule has 0 rings (SSSR count). The zero-order valence-electron chi connectivity index (χ0n) is 16.9. The Morgan fingerprint density at radius 1 is 1.07 bits per heavy atom. The summed E-state index contributed by atoms with van der Waals surface area (Å²) in [4.78, 5) is 48.3. The first-order valence-corrected chi connectivity index (χ1v) is 11.3. The normalized spacial score (nSPS) is 16.1. The lowest BCUT2D eigenvalue weighted by molar-refractivity contribution is -0.144. The van der Waals surface area contributed by atoms with Gasteiger partial charge < -0.3 is 31.9 Å². The van der Waals surface area contributed by atoms with Crippen molar-refractivity contribution in [2.24, 2.45) is 11.7 Å². The van der Waals surface area contributed by atoms with Gasteiger partial charge in [0.1, 0.15) is 18.1 Å². The SMILES string of the molecule is CCC(C)C(NC(=O)C(CO)NC(=O)C(CCSC)NC(=O)C(N)CS)C(=O)O. The maximum Gasteiger partial charge on any atom is 0.326 e. The molecule has 0 aliphatic carbocycles. The van der Waals surface area contributed by atoms with E-state index >= 15 is 0 Å². The van der Waals surface area contributed by atoms with Gasteiger partial charge in [0.15, 0.2) is 0 Å². The summed E-state index contributed by atoms with van der Waals surface area (Å²) in [6, 6.07) is -4.38. The summed E-state index contributed by atoms with van der Waals surface area (Å²) in [6.07, 6.45) is 2.63. The maximum atomic E-state index is 12.6. The van der Waals surface area contributed by atoms with E-state index in [2.05, 4.69) is 28.6 Å². The van der Waals surface area contributed by atoms with Gasteiger partial charge in [-0.05, 0) is 24.3 Å². The third kappa shape index (κ3) is 9.70. The van der Waals surface area contributed by atoms with Gasteiger partial charge >= 0.3 is 5.97 Å². The average molecular weight is 453 g/mol. The molecule has 0 saturated carbocycles. The van der Waals surface area contributed by atoms with Gasteiger partial charge in [0.25, 0.3) is 0 Å². The molecule has 0 saturated heterocycles. The Bertz CT molecular complexity index is 566. The van der Waals surface area contributed by atoms with Crippen LogP contribution in [0.1, 0.15) is 26.7 Å². The number of aliphatic carboxylic acids is 1. The molecule has 168 valence electrons. The first-order chi connectivity index (χ1) is 13.6. The van der Waals surface area contributed by atoms with Crippen molar-refractivity contribution in [3.05, 3.63) is 0 Å². The number of hydrogen-bond acceptors (Lipinski definition) is 8. The molecule has 5 unspecified atom stereocenters. The van der Waals surface area contributed by atoms with E-state index in [1.165, 1.54) is 11.8 Å². The number of nitrogens with one attached hydrogen (secondary N) is 3. The topological polar surface area (TPSA) is 171 Å². The number of aliphatic hydroxyl groups excluding tert-OH is 1. The van der Waals surface area contributed by atoms with Gasteiger partial charge in [-0.15, -0.1) is 0 Å². The highest BCUT2D eigenvalue weighted by atomic mass is 32.2. The van der Waals surface area contributed by atoms with Crippen LogP contribution in [-0.4, -0.2) is 82.4 Å². The Hall–Kier alpha value is -1.50. The standard InChI is InChI=1S/C17H32N4O6S2/c1-4-9(2)13(17(26)27)21-16(25)12(7-22)20-15(24)11(5-6-29-3)19-14(23)10(18)8-28/h9-13,22,28H,4-8,18H2,1-3H3,(H,19,23)(H,20,24)(H,21,25)(H,26,27). The molecule has 3 amide bonds. The molecule has 0 spiro atoms. The number of aliphatic hydroxyl groups is 1. The Morgan fingerprint density at radius 2 is 1.62 bits per heavy atom. The lowest BCUT2D eigenvalue weighted by Crippen LogP contribution is -2.58. The van der Waals surface area contributed by atoms with Crippen LogP contribution in [0.3, 0.4) is 0 Å². The van der Waals surface area contributed by atoms with E-state index in [-0.39, 0.29) is 18.1 Å². The van der Waals surface area contributed by atoms with Gasteiger partial charge in [0, 0.05) is 5.75 Å². The zero-order chi connectivity index (χ0) is 22.6. The average Bonchev–Trinajstić information content (AvgIpc) is 2.70. The van der Waals surface area contributed by atoms with Crippen LogP contribution in [0.2, 0.25) is 0 Å². The van der Waals surface area contributed by atoms with Crippen LogP contribution >= 0.6 is 24.4 Å². The van der Waals surface area contributed by atoms with Gasteiger partial charge in [0.2, 0.25) is 17.7 Å². The van der Waals surface area contributed by atoms with E-state index in [0.29, 0.717) is 12.2 Å². The van der Waals surface area contributed by atoms with E-state index in [1.807, 2.05) is 6.26 Å². The second-order valence-corrected chi connectivity index (χ2v) is 7.94. The van der Waals surface area contributed by atoms with Crippen LogP contribution in [0.4, 0.5) is 0 Å². The molecule has 0 heterocycles. The minimum atomic E-state index is -1.36. The maximum absolute atomic E-state index is 12.6. The Labute approximate surface area is 180 Å². The van der Waals surface area contributed by atoms with Crippen molar-refractivity contribution in [1.29, 1.82) is 0 Å². The van der Waals surface area contributed by atoms with Crippen LogP contribution in [0.25, 0.3) is 0 Å². The van der Waals surface area contributed by atoms with Gasteiger partial charge in [-0.2, -0.15) is 24.4 Å². The number of carboxylic acids is 1. The van der Waals surface area contributed by atoms with E-state index in [0.717, 1.165) is 0 Å². The van der Waals surface area contributed by atoms with Crippen molar-refractivity contribution in [3.8, 4) is 0 Å². The predicted octanol–water partition coefficient (Wildman–Crippen LogP) is -1.43. The van der Waals surface area contributed by atoms with Gasteiger partial charge in [0.05, 0.1) is 12.6 Å². The van der Waals surface area contributed by atoms with Crippen LogP contribution in [-0.2, 0) is 19.2 Å². The lowest BCUT2D eigenvalue weighted by atomic mass is 9.99. The highest BCUT2D eigenvalue weighted by molar-refractivity contribution is 7.98. The highest BCUT2D eigenvalue weighted by Gasteiger charge is 2.31. The summed E-state index contributed by atoms with van der Waals surface area (Å²) in [5.74, 6) is -2.96. The van der Waals surface area contributed by atoms with Gasteiger partial charge in [-0.3, -0.25) is 14.4 Å². The summed E-state index contributed by atoms with van der Waals surface area (Å²) < 4.78 is 0. The third-order valence-electron chi connectivity index (χ3n) is 4.37. The fourth-order valence-electron chi connectivity index (χ4n) is 2.27.